The van der Waals surface area contributed by atoms with Gasteiger partial charge in [0.15, 0.2) is 0 Å². The molecule has 1 aliphatic heterocycles. The van der Waals surface area contributed by atoms with Gasteiger partial charge in [0.05, 0.1) is 0 Å². The van der Waals surface area contributed by atoms with E-state index in [9.17, 15) is 22.0 Å². The molecule has 1 aliphatic rings. The molecule has 8 heteroatoms. The van der Waals surface area contributed by atoms with E-state index in [4.69, 9.17) is 0 Å². The van der Waals surface area contributed by atoms with Crippen molar-refractivity contribution < 1.29 is 22.0 Å². The lowest BCUT2D eigenvalue weighted by atomic mass is 10.0. The Balaban J connectivity index is 2.46. The van der Waals surface area contributed by atoms with Gasteiger partial charge >= 0.3 is 6.18 Å². The fourth-order valence-corrected chi connectivity index (χ4v) is 2.71. The van der Waals surface area contributed by atoms with Crippen LogP contribution in [0.3, 0.4) is 0 Å². The van der Waals surface area contributed by atoms with Crippen LogP contribution < -0.4 is 5.32 Å². The molecule has 1 atom stereocenters. The number of benzene rings is 1. The SMILES string of the molecule is Fc1cc(Br)cc(F)c1[C@@H](N1CCNCC1)C(F)(F)F. The number of alkyl halides is 3. The quantitative estimate of drug-likeness (QED) is 0.816. The zero-order valence-corrected chi connectivity index (χ0v) is 11.9. The van der Waals surface area contributed by atoms with E-state index >= 15 is 0 Å². The third-order valence-corrected chi connectivity index (χ3v) is 3.60. The number of nitrogens with one attached hydrogen (secondary N) is 1. The van der Waals surface area contributed by atoms with Crippen LogP contribution in [0.2, 0.25) is 0 Å². The fraction of sp³-hybridized carbons (Fsp3) is 0.500. The van der Waals surface area contributed by atoms with E-state index in [1.807, 2.05) is 0 Å². The molecule has 1 heterocycles. The summed E-state index contributed by atoms with van der Waals surface area (Å²) in [5, 5.41) is 2.91. The highest BCUT2D eigenvalue weighted by atomic mass is 79.9. The molecule has 0 saturated carbocycles. The Hall–Kier alpha value is -0.730. The van der Waals surface area contributed by atoms with Crippen molar-refractivity contribution in [3.05, 3.63) is 33.8 Å². The molecular formula is C12H12BrF5N2. The Labute approximate surface area is 121 Å². The monoisotopic (exact) mass is 358 g/mol. The zero-order valence-electron chi connectivity index (χ0n) is 10.3. The lowest BCUT2D eigenvalue weighted by Gasteiger charge is -2.36. The van der Waals surface area contributed by atoms with Gasteiger partial charge in [-0.2, -0.15) is 13.2 Å². The molecule has 1 aromatic rings. The van der Waals surface area contributed by atoms with E-state index in [-0.39, 0.29) is 17.6 Å². The first-order chi connectivity index (χ1) is 9.30. The Kier molecular flexibility index (Phi) is 4.66. The minimum Gasteiger partial charge on any atom is -0.314 e. The molecule has 0 radical (unpaired) electrons. The highest BCUT2D eigenvalue weighted by molar-refractivity contribution is 9.10. The van der Waals surface area contributed by atoms with Crippen molar-refractivity contribution in [2.24, 2.45) is 0 Å². The molecule has 0 amide bonds. The van der Waals surface area contributed by atoms with Crippen LogP contribution >= 0.6 is 15.9 Å². The van der Waals surface area contributed by atoms with Crippen LogP contribution in [0.1, 0.15) is 11.6 Å². The van der Waals surface area contributed by atoms with Gasteiger partial charge in [0.2, 0.25) is 0 Å². The van der Waals surface area contributed by atoms with E-state index in [1.54, 1.807) is 0 Å². The highest BCUT2D eigenvalue weighted by Gasteiger charge is 2.47. The Morgan fingerprint density at radius 3 is 2.05 bits per heavy atom. The summed E-state index contributed by atoms with van der Waals surface area (Å²) in [6.07, 6.45) is -4.74. The number of hydrogen-bond acceptors (Lipinski definition) is 2. The fourth-order valence-electron chi connectivity index (χ4n) is 2.31. The molecule has 2 nitrogen and oxygen atoms in total. The summed E-state index contributed by atoms with van der Waals surface area (Å²) in [4.78, 5) is 1.05. The van der Waals surface area contributed by atoms with Crippen LogP contribution in [0.15, 0.2) is 16.6 Å². The number of hydrogen-bond donors (Lipinski definition) is 1. The van der Waals surface area contributed by atoms with Gasteiger partial charge < -0.3 is 5.32 Å². The van der Waals surface area contributed by atoms with Gasteiger partial charge in [-0.05, 0) is 12.1 Å². The van der Waals surface area contributed by atoms with E-state index in [0.717, 1.165) is 17.0 Å². The second kappa shape index (κ2) is 5.95. The third-order valence-electron chi connectivity index (χ3n) is 3.14. The van der Waals surface area contributed by atoms with Gasteiger partial charge in [0.1, 0.15) is 17.7 Å². The number of piperazine rings is 1. The van der Waals surface area contributed by atoms with Crippen LogP contribution in [0, 0.1) is 11.6 Å². The van der Waals surface area contributed by atoms with E-state index < -0.39 is 29.4 Å². The van der Waals surface area contributed by atoms with Crippen molar-refractivity contribution in [3.63, 3.8) is 0 Å². The molecule has 0 aromatic heterocycles. The van der Waals surface area contributed by atoms with E-state index in [2.05, 4.69) is 21.2 Å². The molecule has 0 bridgehead atoms. The standard InChI is InChI=1S/C12H12BrF5N2/c13-7-5-8(14)10(9(15)6-7)11(12(16,17)18)20-3-1-19-2-4-20/h5-6,11,19H,1-4H2/t11-/m1/s1. The predicted octanol–water partition coefficient (Wildman–Crippen LogP) is 3.24. The third kappa shape index (κ3) is 3.29. The number of rotatable bonds is 2. The van der Waals surface area contributed by atoms with Crippen molar-refractivity contribution in [1.82, 2.24) is 10.2 Å². The molecular weight excluding hydrogens is 347 g/mol. The molecule has 0 unspecified atom stereocenters. The summed E-state index contributed by atoms with van der Waals surface area (Å²) in [5.41, 5.74) is -0.942. The summed E-state index contributed by atoms with van der Waals surface area (Å²) in [6.45, 7) is 0.872. The van der Waals surface area contributed by atoms with Crippen LogP contribution in [0.25, 0.3) is 0 Å². The summed E-state index contributed by atoms with van der Waals surface area (Å²) >= 11 is 2.86. The van der Waals surface area contributed by atoms with Gasteiger partial charge in [-0.1, -0.05) is 15.9 Å². The first kappa shape index (κ1) is 15.7. The highest BCUT2D eigenvalue weighted by Crippen LogP contribution is 2.40. The summed E-state index contributed by atoms with van der Waals surface area (Å²) in [7, 11) is 0. The van der Waals surface area contributed by atoms with Gasteiger partial charge in [0, 0.05) is 36.2 Å². The van der Waals surface area contributed by atoms with Crippen LogP contribution in [0.4, 0.5) is 22.0 Å². The second-order valence-corrected chi connectivity index (χ2v) is 5.43. The van der Waals surface area contributed by atoms with Crippen LogP contribution in [-0.2, 0) is 0 Å². The first-order valence-electron chi connectivity index (χ1n) is 5.96. The van der Waals surface area contributed by atoms with Crippen LogP contribution in [0.5, 0.6) is 0 Å². The molecule has 1 N–H and O–H groups in total. The van der Waals surface area contributed by atoms with E-state index in [1.165, 1.54) is 0 Å². The van der Waals surface area contributed by atoms with Gasteiger partial charge in [0.25, 0.3) is 0 Å². The van der Waals surface area contributed by atoms with Crippen molar-refractivity contribution in [2.45, 2.75) is 12.2 Å². The Morgan fingerprint density at radius 1 is 1.10 bits per heavy atom. The lowest BCUT2D eigenvalue weighted by Crippen LogP contribution is -2.49. The van der Waals surface area contributed by atoms with Crippen molar-refractivity contribution in [3.8, 4) is 0 Å². The topological polar surface area (TPSA) is 15.3 Å². The van der Waals surface area contributed by atoms with Gasteiger partial charge in [-0.3, -0.25) is 4.90 Å². The van der Waals surface area contributed by atoms with Crippen molar-refractivity contribution in [2.75, 3.05) is 26.2 Å². The first-order valence-corrected chi connectivity index (χ1v) is 6.76. The molecule has 2 rings (SSSR count). The normalized spacial score (nSPS) is 19.1. The Bertz CT molecular complexity index is 462. The maximum Gasteiger partial charge on any atom is 0.408 e. The largest absolute Gasteiger partial charge is 0.408 e. The van der Waals surface area contributed by atoms with Gasteiger partial charge in [-0.15, -0.1) is 0 Å². The molecule has 1 aromatic carbocycles. The average molecular weight is 359 g/mol. The Morgan fingerprint density at radius 2 is 1.60 bits per heavy atom. The summed E-state index contributed by atoms with van der Waals surface area (Å²) in [6, 6.07) is -0.573. The molecule has 0 aliphatic carbocycles. The zero-order chi connectivity index (χ0) is 14.9. The second-order valence-electron chi connectivity index (χ2n) is 4.51. The maximum absolute atomic E-state index is 13.8. The van der Waals surface area contributed by atoms with Crippen LogP contribution in [-0.4, -0.2) is 37.3 Å². The molecule has 0 spiro atoms. The van der Waals surface area contributed by atoms with Crippen molar-refractivity contribution >= 4 is 15.9 Å². The molecule has 1 fully saturated rings. The molecule has 1 saturated heterocycles. The molecule has 20 heavy (non-hydrogen) atoms. The number of halogens is 6. The summed E-state index contributed by atoms with van der Waals surface area (Å²) in [5.74, 6) is -2.39. The smallest absolute Gasteiger partial charge is 0.314 e. The maximum atomic E-state index is 13.8. The average Bonchev–Trinajstić information content (AvgIpc) is 2.33. The van der Waals surface area contributed by atoms with Gasteiger partial charge in [-0.25, -0.2) is 8.78 Å². The summed E-state index contributed by atoms with van der Waals surface area (Å²) < 4.78 is 67.5. The number of nitrogens with zero attached hydrogens (tertiary/aromatic N) is 1. The minimum atomic E-state index is -4.74. The predicted molar refractivity (Wildman–Crippen MR) is 67.3 cm³/mol. The van der Waals surface area contributed by atoms with E-state index in [0.29, 0.717) is 13.1 Å². The molecule has 112 valence electrons. The minimum absolute atomic E-state index is 0.0671. The van der Waals surface area contributed by atoms with Crippen molar-refractivity contribution in [1.29, 1.82) is 0 Å². The lowest BCUT2D eigenvalue weighted by molar-refractivity contribution is -0.189.